The molecule has 0 atom stereocenters. The lowest BCUT2D eigenvalue weighted by atomic mass is 10.2. The van der Waals surface area contributed by atoms with Gasteiger partial charge in [0.1, 0.15) is 5.75 Å². The van der Waals surface area contributed by atoms with E-state index in [0.29, 0.717) is 6.10 Å². The second kappa shape index (κ2) is 8.54. The summed E-state index contributed by atoms with van der Waals surface area (Å²) in [6, 6.07) is 6.23. The van der Waals surface area contributed by atoms with E-state index in [1.807, 2.05) is 6.07 Å². The van der Waals surface area contributed by atoms with Gasteiger partial charge >= 0.3 is 0 Å². The predicted octanol–water partition coefficient (Wildman–Crippen LogP) is 4.52. The first kappa shape index (κ1) is 15.5. The molecule has 0 bridgehead atoms. The Morgan fingerprint density at radius 2 is 1.94 bits per heavy atom. The molecule has 1 N–H and O–H groups in total. The van der Waals surface area contributed by atoms with Crippen LogP contribution in [0.3, 0.4) is 0 Å². The van der Waals surface area contributed by atoms with Gasteiger partial charge in [0.2, 0.25) is 0 Å². The highest BCUT2D eigenvalue weighted by Crippen LogP contribution is 2.24. The highest BCUT2D eigenvalue weighted by Gasteiger charge is 2.07. The molecule has 0 aliphatic heterocycles. The van der Waals surface area contributed by atoms with Crippen molar-refractivity contribution in [1.82, 2.24) is 5.32 Å². The highest BCUT2D eigenvalue weighted by atomic mass is 79.9. The highest BCUT2D eigenvalue weighted by molar-refractivity contribution is 9.10. The number of rotatable bonds is 8. The molecule has 0 aliphatic rings. The van der Waals surface area contributed by atoms with Crippen molar-refractivity contribution < 1.29 is 4.74 Å². The molecule has 1 aromatic carbocycles. The van der Waals surface area contributed by atoms with Crippen LogP contribution >= 0.6 is 15.9 Å². The molecule has 0 saturated heterocycles. The van der Waals surface area contributed by atoms with E-state index in [0.717, 1.165) is 42.6 Å². The van der Waals surface area contributed by atoms with E-state index < -0.39 is 0 Å². The Kier molecular flexibility index (Phi) is 7.36. The maximum absolute atomic E-state index is 5.97. The molecule has 0 aliphatic carbocycles. The zero-order valence-corrected chi connectivity index (χ0v) is 13.2. The molecular weight excluding hydrogens is 290 g/mol. The van der Waals surface area contributed by atoms with Gasteiger partial charge in [-0.3, -0.25) is 0 Å². The van der Waals surface area contributed by atoms with Gasteiger partial charge in [0.05, 0.1) is 6.10 Å². The molecule has 1 aromatic rings. The van der Waals surface area contributed by atoms with Crippen molar-refractivity contribution in [2.75, 3.05) is 6.54 Å². The first-order valence-corrected chi connectivity index (χ1v) is 7.66. The average Bonchev–Trinajstić information content (AvgIpc) is 2.39. The summed E-state index contributed by atoms with van der Waals surface area (Å²) in [7, 11) is 0. The fourth-order valence-corrected chi connectivity index (χ4v) is 2.19. The lowest BCUT2D eigenvalue weighted by molar-refractivity contribution is 0.192. The van der Waals surface area contributed by atoms with Gasteiger partial charge in [-0.25, -0.2) is 0 Å². The monoisotopic (exact) mass is 313 g/mol. The van der Waals surface area contributed by atoms with Crippen LogP contribution in [0.15, 0.2) is 22.7 Å². The predicted molar refractivity (Wildman–Crippen MR) is 81.1 cm³/mol. The molecule has 0 aromatic heterocycles. The SMILES string of the molecule is CCCNCc1cc(OC(CC)CC)ccc1Br. The van der Waals surface area contributed by atoms with Crippen LogP contribution in [0.2, 0.25) is 0 Å². The minimum atomic E-state index is 0.322. The molecule has 102 valence electrons. The summed E-state index contributed by atoms with van der Waals surface area (Å²) < 4.78 is 7.11. The van der Waals surface area contributed by atoms with Gasteiger partial charge in [-0.05, 0) is 49.6 Å². The third kappa shape index (κ3) is 4.99. The second-order valence-electron chi connectivity index (χ2n) is 4.49. The van der Waals surface area contributed by atoms with E-state index in [2.05, 4.69) is 54.2 Å². The molecule has 0 fully saturated rings. The number of hydrogen-bond acceptors (Lipinski definition) is 2. The minimum Gasteiger partial charge on any atom is -0.490 e. The fraction of sp³-hybridized carbons (Fsp3) is 0.600. The molecule has 2 nitrogen and oxygen atoms in total. The zero-order valence-electron chi connectivity index (χ0n) is 11.6. The molecule has 0 saturated carbocycles. The summed E-state index contributed by atoms with van der Waals surface area (Å²) in [5.74, 6) is 0.972. The topological polar surface area (TPSA) is 21.3 Å². The van der Waals surface area contributed by atoms with Gasteiger partial charge in [-0.2, -0.15) is 0 Å². The summed E-state index contributed by atoms with van der Waals surface area (Å²) in [4.78, 5) is 0. The molecule has 0 unspecified atom stereocenters. The lowest BCUT2D eigenvalue weighted by Crippen LogP contribution is -2.16. The van der Waals surface area contributed by atoms with Gasteiger partial charge < -0.3 is 10.1 Å². The Balaban J connectivity index is 2.67. The van der Waals surface area contributed by atoms with Crippen LogP contribution in [0.25, 0.3) is 0 Å². The number of ether oxygens (including phenoxy) is 1. The van der Waals surface area contributed by atoms with Crippen LogP contribution in [0.1, 0.15) is 45.6 Å². The average molecular weight is 314 g/mol. The Labute approximate surface area is 119 Å². The van der Waals surface area contributed by atoms with Crippen LogP contribution in [0, 0.1) is 0 Å². The Morgan fingerprint density at radius 3 is 2.56 bits per heavy atom. The van der Waals surface area contributed by atoms with Gasteiger partial charge in [-0.1, -0.05) is 36.7 Å². The van der Waals surface area contributed by atoms with Gasteiger partial charge in [0.25, 0.3) is 0 Å². The Morgan fingerprint density at radius 1 is 1.22 bits per heavy atom. The Bertz CT molecular complexity index is 350. The van der Waals surface area contributed by atoms with E-state index in [-0.39, 0.29) is 0 Å². The third-order valence-electron chi connectivity index (χ3n) is 2.97. The van der Waals surface area contributed by atoms with E-state index >= 15 is 0 Å². The molecule has 18 heavy (non-hydrogen) atoms. The maximum atomic E-state index is 5.97. The van der Waals surface area contributed by atoms with E-state index in [1.54, 1.807) is 0 Å². The fourth-order valence-electron chi connectivity index (χ4n) is 1.81. The van der Waals surface area contributed by atoms with Crippen LogP contribution < -0.4 is 10.1 Å². The van der Waals surface area contributed by atoms with Crippen LogP contribution in [-0.2, 0) is 6.54 Å². The molecule has 0 radical (unpaired) electrons. The standard InChI is InChI=1S/C15H24BrNO/c1-4-9-17-11-12-10-14(7-8-15(12)16)18-13(5-2)6-3/h7-8,10,13,17H,4-6,9,11H2,1-3H3. The third-order valence-corrected chi connectivity index (χ3v) is 3.75. The summed E-state index contributed by atoms with van der Waals surface area (Å²) >= 11 is 3.59. The van der Waals surface area contributed by atoms with Gasteiger partial charge in [0, 0.05) is 11.0 Å². The number of halogens is 1. The lowest BCUT2D eigenvalue weighted by Gasteiger charge is -2.17. The molecular formula is C15H24BrNO. The zero-order chi connectivity index (χ0) is 13.4. The van der Waals surface area contributed by atoms with Crippen LogP contribution in [0.4, 0.5) is 0 Å². The number of nitrogens with one attached hydrogen (secondary N) is 1. The van der Waals surface area contributed by atoms with Crippen molar-refractivity contribution in [3.8, 4) is 5.75 Å². The van der Waals surface area contributed by atoms with Crippen molar-refractivity contribution in [2.45, 2.75) is 52.7 Å². The minimum absolute atomic E-state index is 0.322. The van der Waals surface area contributed by atoms with Crippen molar-refractivity contribution in [2.24, 2.45) is 0 Å². The van der Waals surface area contributed by atoms with E-state index in [1.165, 1.54) is 5.56 Å². The first-order chi connectivity index (χ1) is 8.71. The van der Waals surface area contributed by atoms with Crippen molar-refractivity contribution >= 4 is 15.9 Å². The number of benzene rings is 1. The van der Waals surface area contributed by atoms with Crippen molar-refractivity contribution in [3.63, 3.8) is 0 Å². The Hall–Kier alpha value is -0.540. The normalized spacial score (nSPS) is 10.9. The van der Waals surface area contributed by atoms with Crippen LogP contribution in [0.5, 0.6) is 5.75 Å². The summed E-state index contributed by atoms with van der Waals surface area (Å²) in [5, 5.41) is 3.42. The summed E-state index contributed by atoms with van der Waals surface area (Å²) in [6.07, 6.45) is 3.58. The van der Waals surface area contributed by atoms with Gasteiger partial charge in [-0.15, -0.1) is 0 Å². The van der Waals surface area contributed by atoms with E-state index in [4.69, 9.17) is 4.74 Å². The molecule has 0 spiro atoms. The van der Waals surface area contributed by atoms with Crippen molar-refractivity contribution in [3.05, 3.63) is 28.2 Å². The van der Waals surface area contributed by atoms with E-state index in [9.17, 15) is 0 Å². The summed E-state index contributed by atoms with van der Waals surface area (Å²) in [6.45, 7) is 8.43. The van der Waals surface area contributed by atoms with Crippen molar-refractivity contribution in [1.29, 1.82) is 0 Å². The number of hydrogen-bond donors (Lipinski definition) is 1. The quantitative estimate of drug-likeness (QED) is 0.713. The second-order valence-corrected chi connectivity index (χ2v) is 5.34. The van der Waals surface area contributed by atoms with Gasteiger partial charge in [0.15, 0.2) is 0 Å². The molecule has 3 heteroatoms. The molecule has 0 heterocycles. The van der Waals surface area contributed by atoms with Crippen LogP contribution in [-0.4, -0.2) is 12.6 Å². The first-order valence-electron chi connectivity index (χ1n) is 6.87. The smallest absolute Gasteiger partial charge is 0.120 e. The molecule has 1 rings (SSSR count). The maximum Gasteiger partial charge on any atom is 0.120 e. The summed E-state index contributed by atoms with van der Waals surface area (Å²) in [5.41, 5.74) is 1.26. The molecule has 0 amide bonds. The largest absolute Gasteiger partial charge is 0.490 e.